The molecule has 0 saturated heterocycles. The molecule has 0 spiro atoms. The minimum absolute atomic E-state index is 0.214. The highest BCUT2D eigenvalue weighted by Gasteiger charge is 2.32. The largest absolute Gasteiger partial charge is 0.416 e. The molecule has 1 heterocycles. The third-order valence-electron chi connectivity index (χ3n) is 2.85. The molecule has 1 aromatic carbocycles. The van der Waals surface area contributed by atoms with Crippen LogP contribution in [-0.4, -0.2) is 15.5 Å². The van der Waals surface area contributed by atoms with E-state index in [4.69, 9.17) is 0 Å². The number of nitrogens with zero attached hydrogens (tertiary/aromatic N) is 2. The summed E-state index contributed by atoms with van der Waals surface area (Å²) in [5, 5.41) is 0. The highest BCUT2D eigenvalue weighted by atomic mass is 32.2. The Labute approximate surface area is 120 Å². The van der Waals surface area contributed by atoms with Crippen LogP contribution >= 0.6 is 0 Å². The average molecular weight is 317 g/mol. The molecule has 21 heavy (non-hydrogen) atoms. The third kappa shape index (κ3) is 3.15. The maximum absolute atomic E-state index is 12.5. The smallest absolute Gasteiger partial charge is 0.196 e. The number of pyridine rings is 1. The van der Waals surface area contributed by atoms with Crippen LogP contribution in [0.25, 0.3) is 0 Å². The number of benzene rings is 1. The van der Waals surface area contributed by atoms with Gasteiger partial charge in [0.25, 0.3) is 0 Å². The summed E-state index contributed by atoms with van der Waals surface area (Å²) in [6.45, 7) is 0. The first-order valence-corrected chi connectivity index (χ1v) is 7.30. The van der Waals surface area contributed by atoms with Crippen molar-refractivity contribution in [2.45, 2.75) is 11.1 Å². The molecule has 0 unspecified atom stereocenters. The molecule has 0 fully saturated rings. The van der Waals surface area contributed by atoms with Gasteiger partial charge in [0.05, 0.1) is 17.5 Å². The van der Waals surface area contributed by atoms with Crippen molar-refractivity contribution in [2.75, 3.05) is 11.5 Å². The molecule has 0 N–H and O–H groups in total. The van der Waals surface area contributed by atoms with E-state index < -0.39 is 21.8 Å². The van der Waals surface area contributed by atoms with Crippen LogP contribution in [0.3, 0.4) is 0 Å². The normalized spacial score (nSPS) is 12.2. The molecule has 0 bridgehead atoms. The molecule has 0 aliphatic rings. The van der Waals surface area contributed by atoms with E-state index in [2.05, 4.69) is 0 Å². The van der Waals surface area contributed by atoms with Gasteiger partial charge in [0.2, 0.25) is 12.4 Å². The number of rotatable bonds is 3. The van der Waals surface area contributed by atoms with Crippen molar-refractivity contribution in [3.8, 4) is 0 Å². The topological polar surface area (TPSA) is 41.3 Å². The molecule has 2 aromatic rings. The van der Waals surface area contributed by atoms with Gasteiger partial charge in [-0.1, -0.05) is 15.2 Å². The molecule has 0 aliphatic heterocycles. The summed E-state index contributed by atoms with van der Waals surface area (Å²) >= 11 is 0. The zero-order valence-electron chi connectivity index (χ0n) is 10.9. The van der Waals surface area contributed by atoms with Crippen molar-refractivity contribution < 1.29 is 26.3 Å². The lowest BCUT2D eigenvalue weighted by molar-refractivity contribution is -0.673. The van der Waals surface area contributed by atoms with E-state index >= 15 is 0 Å². The predicted octanol–water partition coefficient (Wildman–Crippen LogP) is 1.95. The fourth-order valence-corrected chi connectivity index (χ4v) is 2.81. The van der Waals surface area contributed by atoms with Crippen molar-refractivity contribution in [1.29, 1.82) is 0 Å². The van der Waals surface area contributed by atoms with Crippen molar-refractivity contribution in [2.24, 2.45) is 0 Å². The summed E-state index contributed by atoms with van der Waals surface area (Å²) < 4.78 is 64.3. The first-order valence-electron chi connectivity index (χ1n) is 5.86. The lowest BCUT2D eigenvalue weighted by Crippen LogP contribution is -2.57. The molecule has 0 radical (unpaired) electrons. The van der Waals surface area contributed by atoms with E-state index in [1.165, 1.54) is 24.1 Å². The lowest BCUT2D eigenvalue weighted by Gasteiger charge is -2.13. The van der Waals surface area contributed by atoms with Crippen LogP contribution < -0.4 is 9.09 Å². The van der Waals surface area contributed by atoms with E-state index in [0.29, 0.717) is 0 Å². The van der Waals surface area contributed by atoms with Crippen LogP contribution in [-0.2, 0) is 16.2 Å². The van der Waals surface area contributed by atoms with Gasteiger partial charge in [-0.2, -0.15) is 21.6 Å². The second kappa shape index (κ2) is 5.36. The van der Waals surface area contributed by atoms with E-state index in [9.17, 15) is 21.6 Å². The van der Waals surface area contributed by atoms with E-state index in [1.54, 1.807) is 18.2 Å². The van der Waals surface area contributed by atoms with Crippen LogP contribution in [0.5, 0.6) is 0 Å². The van der Waals surface area contributed by atoms with Crippen LogP contribution in [0.15, 0.2) is 59.8 Å². The predicted molar refractivity (Wildman–Crippen MR) is 69.4 cm³/mol. The fourth-order valence-electron chi connectivity index (χ4n) is 1.67. The molecule has 1 aromatic heterocycles. The number of aromatic nitrogens is 1. The Kier molecular flexibility index (Phi) is 3.91. The van der Waals surface area contributed by atoms with Gasteiger partial charge in [-0.15, -0.1) is 0 Å². The second-order valence-corrected chi connectivity index (χ2v) is 6.17. The molecule has 0 atom stereocenters. The van der Waals surface area contributed by atoms with E-state index in [1.807, 2.05) is 0 Å². The van der Waals surface area contributed by atoms with Crippen molar-refractivity contribution in [3.63, 3.8) is 0 Å². The number of alkyl halides is 3. The van der Waals surface area contributed by atoms with Crippen LogP contribution in [0, 0.1) is 0 Å². The summed E-state index contributed by atoms with van der Waals surface area (Å²) in [5.74, 6) is 0. The number of hydrogen-bond donors (Lipinski definition) is 0. The minimum atomic E-state index is -4.50. The molecule has 0 aliphatic carbocycles. The number of hydrogen-bond acceptors (Lipinski definition) is 2. The Bertz CT molecular complexity index is 713. The molecular formula is C13H12F3N2O2S+. The first kappa shape index (κ1) is 15.3. The second-order valence-electron chi connectivity index (χ2n) is 4.22. The third-order valence-corrected chi connectivity index (χ3v) is 4.60. The van der Waals surface area contributed by atoms with Gasteiger partial charge >= 0.3 is 16.2 Å². The average Bonchev–Trinajstić information content (AvgIpc) is 2.46. The molecular weight excluding hydrogens is 305 g/mol. The summed E-state index contributed by atoms with van der Waals surface area (Å²) in [6, 6.07) is 8.37. The Morgan fingerprint density at radius 2 is 1.52 bits per heavy atom. The van der Waals surface area contributed by atoms with Crippen LogP contribution in [0.4, 0.5) is 13.2 Å². The van der Waals surface area contributed by atoms with Gasteiger partial charge in [0.15, 0.2) is 0 Å². The van der Waals surface area contributed by atoms with Gasteiger partial charge in [0, 0.05) is 12.1 Å². The maximum atomic E-state index is 12.5. The Balaban J connectivity index is 2.36. The summed E-state index contributed by atoms with van der Waals surface area (Å²) in [6.07, 6.45) is -1.47. The maximum Gasteiger partial charge on any atom is 0.416 e. The zero-order chi connectivity index (χ0) is 15.7. The van der Waals surface area contributed by atoms with Gasteiger partial charge in [-0.25, -0.2) is 0 Å². The summed E-state index contributed by atoms with van der Waals surface area (Å²) in [7, 11) is -2.61. The highest BCUT2D eigenvalue weighted by Crippen LogP contribution is 2.29. The Morgan fingerprint density at radius 1 is 1.00 bits per heavy atom. The lowest BCUT2D eigenvalue weighted by atomic mass is 10.2. The van der Waals surface area contributed by atoms with Gasteiger partial charge in [0.1, 0.15) is 0 Å². The van der Waals surface area contributed by atoms with Crippen molar-refractivity contribution in [1.82, 2.24) is 0 Å². The standard InChI is InChI=1S/C13H12F3N2O2S/c1-17(18-9-3-2-4-10-18)21(19,20)12-7-5-11(6-8-12)13(14,15)16/h2-10H,1H3/q+1. The quantitative estimate of drug-likeness (QED) is 0.812. The molecule has 0 amide bonds. The SMILES string of the molecule is CN([n+]1ccccc1)S(=O)(=O)c1ccc(C(F)(F)F)cc1. The molecule has 0 saturated carbocycles. The van der Waals surface area contributed by atoms with Crippen LogP contribution in [0.2, 0.25) is 0 Å². The van der Waals surface area contributed by atoms with E-state index in [-0.39, 0.29) is 4.90 Å². The van der Waals surface area contributed by atoms with Gasteiger partial charge in [-0.3, -0.25) is 0 Å². The fraction of sp³-hybridized carbons (Fsp3) is 0.154. The number of halogens is 3. The Morgan fingerprint density at radius 3 is 2.00 bits per heavy atom. The number of sulfonamides is 1. The molecule has 2 rings (SSSR count). The first-order chi connectivity index (χ1) is 9.73. The highest BCUT2D eigenvalue weighted by molar-refractivity contribution is 7.92. The Hall–Kier alpha value is -2.09. The summed E-state index contributed by atoms with van der Waals surface area (Å²) in [5.41, 5.74) is -0.892. The van der Waals surface area contributed by atoms with Crippen molar-refractivity contribution in [3.05, 3.63) is 60.4 Å². The van der Waals surface area contributed by atoms with E-state index in [0.717, 1.165) is 28.7 Å². The monoisotopic (exact) mass is 317 g/mol. The van der Waals surface area contributed by atoms with Crippen molar-refractivity contribution >= 4 is 10.0 Å². The van der Waals surface area contributed by atoms with Gasteiger partial charge in [-0.05, 0) is 24.3 Å². The zero-order valence-corrected chi connectivity index (χ0v) is 11.8. The van der Waals surface area contributed by atoms with Crippen LogP contribution in [0.1, 0.15) is 5.56 Å². The summed E-state index contributed by atoms with van der Waals surface area (Å²) in [4.78, 5) is -0.214. The molecule has 8 heteroatoms. The molecule has 4 nitrogen and oxygen atoms in total. The van der Waals surface area contributed by atoms with Gasteiger partial charge < -0.3 is 0 Å². The minimum Gasteiger partial charge on any atom is -0.196 e. The molecule has 112 valence electrons.